The van der Waals surface area contributed by atoms with Gasteiger partial charge >= 0.3 is 0 Å². The first-order valence-corrected chi connectivity index (χ1v) is 6.45. The van der Waals surface area contributed by atoms with Gasteiger partial charge in [-0.2, -0.15) is 0 Å². The van der Waals surface area contributed by atoms with Crippen LogP contribution in [0.25, 0.3) is 0 Å². The molecule has 4 N–H and O–H groups in total. The number of ether oxygens (including phenoxy) is 1. The highest BCUT2D eigenvalue weighted by Crippen LogP contribution is 2.24. The van der Waals surface area contributed by atoms with Crippen molar-refractivity contribution in [3.8, 4) is 0 Å². The van der Waals surface area contributed by atoms with Crippen molar-refractivity contribution in [2.24, 2.45) is 0 Å². The van der Waals surface area contributed by atoms with Crippen molar-refractivity contribution < 1.29 is 25.2 Å². The largest absolute Gasteiger partial charge is 0.394 e. The molecule has 1 aliphatic rings. The van der Waals surface area contributed by atoms with Crippen LogP contribution in [0.15, 0.2) is 24.3 Å². The number of benzene rings is 1. The van der Waals surface area contributed by atoms with Crippen LogP contribution in [0.3, 0.4) is 0 Å². The fourth-order valence-electron chi connectivity index (χ4n) is 2.20. The lowest BCUT2D eigenvalue weighted by molar-refractivity contribution is -0.228. The van der Waals surface area contributed by atoms with Crippen LogP contribution < -0.4 is 0 Å². The van der Waals surface area contributed by atoms with Crippen LogP contribution in [0.2, 0.25) is 5.02 Å². The molecule has 19 heavy (non-hydrogen) atoms. The summed E-state index contributed by atoms with van der Waals surface area (Å²) in [6, 6.07) is 7.04. The van der Waals surface area contributed by atoms with Crippen molar-refractivity contribution in [3.05, 3.63) is 34.9 Å². The monoisotopic (exact) mass is 288 g/mol. The molecular weight excluding hydrogens is 272 g/mol. The Labute approximate surface area is 116 Å². The third-order valence-corrected chi connectivity index (χ3v) is 3.59. The predicted octanol–water partition coefficient (Wildman–Crippen LogP) is -0.275. The Balaban J connectivity index is 2.08. The summed E-state index contributed by atoms with van der Waals surface area (Å²) >= 11 is 5.78. The van der Waals surface area contributed by atoms with Gasteiger partial charge in [0.15, 0.2) is 0 Å². The zero-order chi connectivity index (χ0) is 14.0. The number of rotatable bonds is 3. The van der Waals surface area contributed by atoms with E-state index in [9.17, 15) is 15.3 Å². The van der Waals surface area contributed by atoms with Gasteiger partial charge < -0.3 is 25.2 Å². The lowest BCUT2D eigenvalue weighted by Crippen LogP contribution is -2.58. The zero-order valence-corrected chi connectivity index (χ0v) is 10.9. The second-order valence-electron chi connectivity index (χ2n) is 4.70. The van der Waals surface area contributed by atoms with E-state index >= 15 is 0 Å². The zero-order valence-electron chi connectivity index (χ0n) is 10.2. The Bertz CT molecular complexity index is 408. The van der Waals surface area contributed by atoms with E-state index in [2.05, 4.69) is 0 Å². The van der Waals surface area contributed by atoms with Gasteiger partial charge in [0, 0.05) is 11.4 Å². The highest BCUT2D eigenvalue weighted by atomic mass is 35.5. The molecule has 1 heterocycles. The Hall–Kier alpha value is -0.690. The maximum Gasteiger partial charge on any atom is 0.111 e. The lowest BCUT2D eigenvalue weighted by atomic mass is 9.92. The average Bonchev–Trinajstić information content (AvgIpc) is 2.42. The van der Waals surface area contributed by atoms with Gasteiger partial charge in [-0.25, -0.2) is 0 Å². The van der Waals surface area contributed by atoms with Gasteiger partial charge in [0.25, 0.3) is 0 Å². The predicted molar refractivity (Wildman–Crippen MR) is 68.9 cm³/mol. The molecule has 106 valence electrons. The molecule has 0 aliphatic carbocycles. The Morgan fingerprint density at radius 3 is 2.11 bits per heavy atom. The molecule has 0 aromatic heterocycles. The van der Waals surface area contributed by atoms with E-state index in [0.29, 0.717) is 11.4 Å². The summed E-state index contributed by atoms with van der Waals surface area (Å²) < 4.78 is 5.42. The molecule has 0 unspecified atom stereocenters. The molecule has 1 saturated heterocycles. The van der Waals surface area contributed by atoms with Crippen LogP contribution in [0.1, 0.15) is 5.56 Å². The van der Waals surface area contributed by atoms with Crippen molar-refractivity contribution in [2.75, 3.05) is 6.61 Å². The third-order valence-electron chi connectivity index (χ3n) is 3.34. The topological polar surface area (TPSA) is 90.2 Å². The number of hydrogen-bond acceptors (Lipinski definition) is 5. The van der Waals surface area contributed by atoms with Gasteiger partial charge in [-0.15, -0.1) is 0 Å². The summed E-state index contributed by atoms with van der Waals surface area (Å²) in [7, 11) is 0. The summed E-state index contributed by atoms with van der Waals surface area (Å²) in [4.78, 5) is 0. The van der Waals surface area contributed by atoms with Crippen LogP contribution in [0.4, 0.5) is 0 Å². The molecule has 0 saturated carbocycles. The maximum absolute atomic E-state index is 9.89. The lowest BCUT2D eigenvalue weighted by Gasteiger charge is -2.40. The molecule has 0 amide bonds. The van der Waals surface area contributed by atoms with Crippen molar-refractivity contribution in [2.45, 2.75) is 36.9 Å². The van der Waals surface area contributed by atoms with Crippen molar-refractivity contribution in [3.63, 3.8) is 0 Å². The second kappa shape index (κ2) is 6.17. The first-order chi connectivity index (χ1) is 9.02. The fourth-order valence-corrected chi connectivity index (χ4v) is 2.33. The average molecular weight is 289 g/mol. The van der Waals surface area contributed by atoms with E-state index < -0.39 is 37.1 Å². The van der Waals surface area contributed by atoms with Crippen molar-refractivity contribution in [1.29, 1.82) is 0 Å². The highest BCUT2D eigenvalue weighted by molar-refractivity contribution is 6.30. The van der Waals surface area contributed by atoms with E-state index in [1.165, 1.54) is 0 Å². The molecule has 1 aliphatic heterocycles. The molecule has 0 radical (unpaired) electrons. The van der Waals surface area contributed by atoms with Crippen LogP contribution in [0.5, 0.6) is 0 Å². The number of aliphatic hydroxyl groups is 4. The van der Waals surface area contributed by atoms with E-state index in [1.54, 1.807) is 24.3 Å². The minimum Gasteiger partial charge on any atom is -0.394 e. The third kappa shape index (κ3) is 3.25. The molecule has 1 aromatic carbocycles. The van der Waals surface area contributed by atoms with E-state index in [-0.39, 0.29) is 0 Å². The maximum atomic E-state index is 9.89. The molecular formula is C13H17ClO5. The first kappa shape index (κ1) is 14.7. The quantitative estimate of drug-likeness (QED) is 0.614. The normalized spacial score (nSPS) is 35.3. The summed E-state index contributed by atoms with van der Waals surface area (Å²) in [5, 5.41) is 38.9. The van der Waals surface area contributed by atoms with Crippen LogP contribution in [-0.2, 0) is 11.2 Å². The summed E-state index contributed by atoms with van der Waals surface area (Å²) in [6.07, 6.45) is -5.04. The number of halogens is 1. The van der Waals surface area contributed by atoms with Crippen LogP contribution >= 0.6 is 11.6 Å². The van der Waals surface area contributed by atoms with Gasteiger partial charge in [0.2, 0.25) is 0 Å². The Morgan fingerprint density at radius 1 is 0.947 bits per heavy atom. The molecule has 5 nitrogen and oxygen atoms in total. The molecule has 6 heteroatoms. The Kier molecular flexibility index (Phi) is 4.78. The molecule has 0 spiro atoms. The summed E-state index contributed by atoms with van der Waals surface area (Å²) in [5.74, 6) is 0. The SMILES string of the molecule is OC[C@H]1O[C@@H](Cc2ccc(Cl)cc2)[C@H](O)[C@@H](O)[C@@H]1O. The summed E-state index contributed by atoms with van der Waals surface area (Å²) in [5.41, 5.74) is 0.883. The van der Waals surface area contributed by atoms with E-state index in [0.717, 1.165) is 5.56 Å². The molecule has 0 bridgehead atoms. The fraction of sp³-hybridized carbons (Fsp3) is 0.538. The molecule has 1 fully saturated rings. The highest BCUT2D eigenvalue weighted by Gasteiger charge is 2.43. The van der Waals surface area contributed by atoms with Crippen molar-refractivity contribution in [1.82, 2.24) is 0 Å². The van der Waals surface area contributed by atoms with Gasteiger partial charge in [0.05, 0.1) is 12.7 Å². The molecule has 5 atom stereocenters. The first-order valence-electron chi connectivity index (χ1n) is 6.08. The molecule has 1 aromatic rings. The number of aliphatic hydroxyl groups excluding tert-OH is 4. The molecule has 2 rings (SSSR count). The van der Waals surface area contributed by atoms with E-state index in [1.807, 2.05) is 0 Å². The van der Waals surface area contributed by atoms with Crippen molar-refractivity contribution >= 4 is 11.6 Å². The minimum atomic E-state index is -1.33. The standard InChI is InChI=1S/C13H17ClO5/c14-8-3-1-7(2-4-8)5-9-11(16)13(18)12(17)10(6-15)19-9/h1-4,9-13,15-18H,5-6H2/t9-,10+,11-,12+,13+/m0/s1. The minimum absolute atomic E-state index is 0.360. The van der Waals surface area contributed by atoms with Gasteiger partial charge in [-0.3, -0.25) is 0 Å². The summed E-state index contributed by atoms with van der Waals surface area (Å²) in [6.45, 7) is -0.415. The Morgan fingerprint density at radius 2 is 1.53 bits per heavy atom. The number of hydrogen-bond donors (Lipinski definition) is 4. The smallest absolute Gasteiger partial charge is 0.111 e. The van der Waals surface area contributed by atoms with Gasteiger partial charge in [0.1, 0.15) is 24.4 Å². The van der Waals surface area contributed by atoms with Crippen LogP contribution in [0, 0.1) is 0 Å². The second-order valence-corrected chi connectivity index (χ2v) is 5.13. The van der Waals surface area contributed by atoms with E-state index in [4.69, 9.17) is 21.4 Å². The van der Waals surface area contributed by atoms with Gasteiger partial charge in [-0.1, -0.05) is 23.7 Å². The van der Waals surface area contributed by atoms with Gasteiger partial charge in [-0.05, 0) is 17.7 Å². The van der Waals surface area contributed by atoms with Crippen LogP contribution in [-0.4, -0.2) is 57.6 Å².